The fraction of sp³-hybridized carbons (Fsp3) is 0.545. The highest BCUT2D eigenvalue weighted by molar-refractivity contribution is 5.81. The van der Waals surface area contributed by atoms with Crippen molar-refractivity contribution in [3.05, 3.63) is 24.2 Å². The molecule has 16 heavy (non-hydrogen) atoms. The standard InChI is InChI=1S/C11H17N3O2/c1-8-6-12-10(14-8)13-7-11(2,15)9-4-3-5-16-9/h3-5,8,15H,6-7H2,1-2H3,(H2,12,13,14). The Balaban J connectivity index is 1.90. The second-order valence-corrected chi connectivity index (χ2v) is 4.34. The Hall–Kier alpha value is -1.49. The Kier molecular flexibility index (Phi) is 2.87. The average molecular weight is 223 g/mol. The van der Waals surface area contributed by atoms with E-state index >= 15 is 0 Å². The molecule has 1 aliphatic heterocycles. The van der Waals surface area contributed by atoms with E-state index in [2.05, 4.69) is 22.5 Å². The van der Waals surface area contributed by atoms with Crippen molar-refractivity contribution < 1.29 is 9.52 Å². The highest BCUT2D eigenvalue weighted by atomic mass is 16.4. The highest BCUT2D eigenvalue weighted by Gasteiger charge is 2.27. The summed E-state index contributed by atoms with van der Waals surface area (Å²) in [5.41, 5.74) is -1.03. The Morgan fingerprint density at radius 1 is 1.75 bits per heavy atom. The molecular weight excluding hydrogens is 206 g/mol. The first kappa shape index (κ1) is 11.0. The first-order chi connectivity index (χ1) is 7.58. The van der Waals surface area contributed by atoms with Gasteiger partial charge in [-0.2, -0.15) is 0 Å². The van der Waals surface area contributed by atoms with Crippen LogP contribution in [0.15, 0.2) is 27.8 Å². The van der Waals surface area contributed by atoms with Crippen molar-refractivity contribution in [2.45, 2.75) is 25.5 Å². The number of nitrogens with zero attached hydrogens (tertiary/aromatic N) is 1. The van der Waals surface area contributed by atoms with E-state index in [9.17, 15) is 5.11 Å². The fourth-order valence-corrected chi connectivity index (χ4v) is 1.59. The predicted molar refractivity (Wildman–Crippen MR) is 61.2 cm³/mol. The summed E-state index contributed by atoms with van der Waals surface area (Å²) in [4.78, 5) is 4.25. The zero-order valence-electron chi connectivity index (χ0n) is 9.53. The Morgan fingerprint density at radius 2 is 2.56 bits per heavy atom. The Bertz CT molecular complexity index is 371. The maximum atomic E-state index is 10.2. The summed E-state index contributed by atoms with van der Waals surface area (Å²) in [6.07, 6.45) is 1.55. The second-order valence-electron chi connectivity index (χ2n) is 4.34. The third kappa shape index (κ3) is 2.36. The highest BCUT2D eigenvalue weighted by Crippen LogP contribution is 2.19. The molecule has 0 spiro atoms. The molecule has 5 nitrogen and oxygen atoms in total. The quantitative estimate of drug-likeness (QED) is 0.695. The molecule has 88 valence electrons. The number of aliphatic hydroxyl groups is 1. The van der Waals surface area contributed by atoms with Crippen LogP contribution in [0.4, 0.5) is 0 Å². The minimum absolute atomic E-state index is 0.357. The van der Waals surface area contributed by atoms with Crippen LogP contribution < -0.4 is 10.6 Å². The lowest BCUT2D eigenvalue weighted by atomic mass is 10.0. The van der Waals surface area contributed by atoms with Crippen molar-refractivity contribution >= 4 is 5.96 Å². The molecule has 2 atom stereocenters. The van der Waals surface area contributed by atoms with Gasteiger partial charge in [0.2, 0.25) is 0 Å². The third-order valence-electron chi connectivity index (χ3n) is 2.56. The number of rotatable bonds is 3. The lowest BCUT2D eigenvalue weighted by molar-refractivity contribution is 0.0386. The van der Waals surface area contributed by atoms with Crippen LogP contribution in [0.25, 0.3) is 0 Å². The molecule has 0 radical (unpaired) electrons. The van der Waals surface area contributed by atoms with Gasteiger partial charge in [-0.25, -0.2) is 0 Å². The number of furan rings is 1. The normalized spacial score (nSPS) is 23.4. The fourth-order valence-electron chi connectivity index (χ4n) is 1.59. The molecule has 0 amide bonds. The Morgan fingerprint density at radius 3 is 3.12 bits per heavy atom. The van der Waals surface area contributed by atoms with E-state index in [1.807, 2.05) is 0 Å². The maximum absolute atomic E-state index is 10.2. The van der Waals surface area contributed by atoms with Gasteiger partial charge in [-0.15, -0.1) is 0 Å². The molecule has 0 aromatic carbocycles. The summed E-state index contributed by atoms with van der Waals surface area (Å²) in [7, 11) is 0. The van der Waals surface area contributed by atoms with Crippen LogP contribution in [0.5, 0.6) is 0 Å². The monoisotopic (exact) mass is 223 g/mol. The van der Waals surface area contributed by atoms with Crippen molar-refractivity contribution in [1.82, 2.24) is 10.6 Å². The Labute approximate surface area is 94.6 Å². The second kappa shape index (κ2) is 4.17. The van der Waals surface area contributed by atoms with Crippen LogP contribution in [0, 0.1) is 0 Å². The van der Waals surface area contributed by atoms with E-state index in [-0.39, 0.29) is 0 Å². The van der Waals surface area contributed by atoms with Crippen molar-refractivity contribution in [1.29, 1.82) is 0 Å². The summed E-state index contributed by atoms with van der Waals surface area (Å²) in [6.45, 7) is 4.89. The lowest BCUT2D eigenvalue weighted by Gasteiger charge is -2.21. The van der Waals surface area contributed by atoms with Crippen molar-refractivity contribution in [2.75, 3.05) is 13.1 Å². The summed E-state index contributed by atoms with van der Waals surface area (Å²) in [6, 6.07) is 3.88. The van der Waals surface area contributed by atoms with Crippen LogP contribution >= 0.6 is 0 Å². The van der Waals surface area contributed by atoms with Gasteiger partial charge in [-0.3, -0.25) is 4.99 Å². The minimum atomic E-state index is -1.03. The molecule has 0 bridgehead atoms. The van der Waals surface area contributed by atoms with Crippen molar-refractivity contribution in [2.24, 2.45) is 4.99 Å². The molecule has 1 aromatic rings. The van der Waals surface area contributed by atoms with Gasteiger partial charge >= 0.3 is 0 Å². The minimum Gasteiger partial charge on any atom is -0.466 e. The van der Waals surface area contributed by atoms with Gasteiger partial charge in [0.1, 0.15) is 11.4 Å². The smallest absolute Gasteiger partial charge is 0.191 e. The van der Waals surface area contributed by atoms with Crippen LogP contribution in [0.1, 0.15) is 19.6 Å². The molecule has 0 aliphatic carbocycles. The first-order valence-electron chi connectivity index (χ1n) is 5.39. The van der Waals surface area contributed by atoms with Crippen molar-refractivity contribution in [3.8, 4) is 0 Å². The maximum Gasteiger partial charge on any atom is 0.191 e. The largest absolute Gasteiger partial charge is 0.466 e. The van der Waals surface area contributed by atoms with Gasteiger partial charge in [0.05, 0.1) is 19.4 Å². The van der Waals surface area contributed by atoms with E-state index in [1.54, 1.807) is 25.3 Å². The van der Waals surface area contributed by atoms with Crippen LogP contribution in [-0.2, 0) is 5.60 Å². The molecule has 1 aromatic heterocycles. The van der Waals surface area contributed by atoms with Crippen molar-refractivity contribution in [3.63, 3.8) is 0 Å². The molecule has 2 unspecified atom stereocenters. The van der Waals surface area contributed by atoms with Crippen LogP contribution in [-0.4, -0.2) is 30.2 Å². The molecule has 0 fully saturated rings. The van der Waals surface area contributed by atoms with E-state index in [0.717, 1.165) is 12.5 Å². The summed E-state index contributed by atoms with van der Waals surface area (Å²) < 4.78 is 5.18. The van der Waals surface area contributed by atoms with E-state index < -0.39 is 5.60 Å². The number of hydrogen-bond acceptors (Lipinski definition) is 5. The zero-order valence-corrected chi connectivity index (χ0v) is 9.53. The van der Waals surface area contributed by atoms with Gasteiger partial charge in [0.15, 0.2) is 5.96 Å². The number of hydrogen-bond donors (Lipinski definition) is 3. The predicted octanol–water partition coefficient (Wildman–Crippen LogP) is 0.424. The first-order valence-corrected chi connectivity index (χ1v) is 5.39. The average Bonchev–Trinajstić information content (AvgIpc) is 2.85. The molecule has 1 aliphatic rings. The molecule has 0 saturated heterocycles. The summed E-state index contributed by atoms with van der Waals surface area (Å²) >= 11 is 0. The SMILES string of the molecule is CC1CN=C(NCC(C)(O)c2ccco2)N1. The van der Waals surface area contributed by atoms with Gasteiger partial charge in [-0.1, -0.05) is 0 Å². The number of nitrogens with one attached hydrogen (secondary N) is 2. The van der Waals surface area contributed by atoms with Gasteiger partial charge in [-0.05, 0) is 26.0 Å². The summed E-state index contributed by atoms with van der Waals surface area (Å²) in [5.74, 6) is 1.28. The molecule has 2 rings (SSSR count). The van der Waals surface area contributed by atoms with Crippen LogP contribution in [0.3, 0.4) is 0 Å². The molecule has 5 heteroatoms. The third-order valence-corrected chi connectivity index (χ3v) is 2.56. The lowest BCUT2D eigenvalue weighted by Crippen LogP contribution is -2.44. The van der Waals surface area contributed by atoms with Gasteiger partial charge < -0.3 is 20.2 Å². The van der Waals surface area contributed by atoms with Gasteiger partial charge in [0.25, 0.3) is 0 Å². The number of guanidine groups is 1. The molecule has 0 saturated carbocycles. The van der Waals surface area contributed by atoms with Gasteiger partial charge in [0, 0.05) is 6.04 Å². The van der Waals surface area contributed by atoms with Crippen LogP contribution in [0.2, 0.25) is 0 Å². The van der Waals surface area contributed by atoms with E-state index in [1.165, 1.54) is 0 Å². The molecule has 2 heterocycles. The number of aliphatic imine (C=N–C) groups is 1. The van der Waals surface area contributed by atoms with E-state index in [4.69, 9.17) is 4.42 Å². The molecule has 3 N–H and O–H groups in total. The molecular formula is C11H17N3O2. The van der Waals surface area contributed by atoms with E-state index in [0.29, 0.717) is 18.3 Å². The zero-order chi connectivity index (χ0) is 11.6. The summed E-state index contributed by atoms with van der Waals surface area (Å²) in [5, 5.41) is 16.4. The topological polar surface area (TPSA) is 69.8 Å².